The van der Waals surface area contributed by atoms with E-state index in [0.29, 0.717) is 17.5 Å². The fraction of sp³-hybridized carbons (Fsp3) is 0.243. The van der Waals surface area contributed by atoms with Gasteiger partial charge in [0.2, 0.25) is 22.4 Å². The van der Waals surface area contributed by atoms with Crippen LogP contribution >= 0.6 is 0 Å². The first kappa shape index (κ1) is 29.6. The van der Waals surface area contributed by atoms with Crippen LogP contribution in [-0.2, 0) is 0 Å². The van der Waals surface area contributed by atoms with Gasteiger partial charge in [0.15, 0.2) is 22.7 Å². The summed E-state index contributed by atoms with van der Waals surface area (Å²) in [5, 5.41) is 76.3. The Morgan fingerprint density at radius 3 is 1.96 bits per heavy atom. The summed E-state index contributed by atoms with van der Waals surface area (Å²) < 4.78 is 11.9. The van der Waals surface area contributed by atoms with Crippen molar-refractivity contribution in [2.75, 3.05) is 0 Å². The van der Waals surface area contributed by atoms with Crippen molar-refractivity contribution in [2.45, 2.75) is 46.0 Å². The molecule has 0 fully saturated rings. The number of hydrogen-bond donors (Lipinski definition) is 7. The van der Waals surface area contributed by atoms with Crippen molar-refractivity contribution in [3.05, 3.63) is 84.7 Å². The van der Waals surface area contributed by atoms with E-state index in [9.17, 15) is 45.3 Å². The number of hydrogen-bond acceptors (Lipinski definition) is 11. The average Bonchev–Trinajstić information content (AvgIpc) is 3.32. The lowest BCUT2D eigenvalue weighted by atomic mass is 9.61. The van der Waals surface area contributed by atoms with E-state index in [-0.39, 0.29) is 66.5 Å². The minimum atomic E-state index is -0.981. The van der Waals surface area contributed by atoms with Crippen molar-refractivity contribution in [1.82, 2.24) is 0 Å². The summed E-state index contributed by atoms with van der Waals surface area (Å²) in [7, 11) is 0. The number of rotatable bonds is 1. The Hall–Kier alpha value is -5.84. The van der Waals surface area contributed by atoms with Crippen molar-refractivity contribution in [1.29, 1.82) is 0 Å². The minimum absolute atomic E-state index is 0.0140. The van der Waals surface area contributed by atoms with Crippen LogP contribution in [0.3, 0.4) is 0 Å². The first-order valence-electron chi connectivity index (χ1n) is 15.3. The molecule has 48 heavy (non-hydrogen) atoms. The molecule has 3 atom stereocenters. The average molecular weight is 651 g/mol. The first-order valence-corrected chi connectivity index (χ1v) is 15.3. The maximum absolute atomic E-state index is 14.3. The van der Waals surface area contributed by atoms with Gasteiger partial charge in [0.25, 0.3) is 0 Å². The molecule has 2 aliphatic rings. The second-order valence-corrected chi connectivity index (χ2v) is 13.8. The van der Waals surface area contributed by atoms with Crippen molar-refractivity contribution in [2.24, 2.45) is 11.3 Å². The van der Waals surface area contributed by atoms with Crippen LogP contribution < -0.4 is 10.9 Å². The van der Waals surface area contributed by atoms with Crippen LogP contribution in [-0.4, -0.2) is 35.7 Å². The molecule has 8 rings (SSSR count). The topological polar surface area (TPSA) is 202 Å². The summed E-state index contributed by atoms with van der Waals surface area (Å²) in [6, 6.07) is 6.24. The van der Waals surface area contributed by atoms with Gasteiger partial charge in [-0.25, -0.2) is 0 Å². The fourth-order valence-electron chi connectivity index (χ4n) is 8.61. The zero-order valence-corrected chi connectivity index (χ0v) is 26.2. The summed E-state index contributed by atoms with van der Waals surface area (Å²) in [4.78, 5) is 28.6. The molecular formula is C37H30O11. The Balaban J connectivity index is 1.59. The van der Waals surface area contributed by atoms with Crippen LogP contribution in [0.2, 0.25) is 0 Å². The van der Waals surface area contributed by atoms with Gasteiger partial charge in [-0.15, -0.1) is 0 Å². The molecule has 244 valence electrons. The molecule has 0 spiro atoms. The van der Waals surface area contributed by atoms with Gasteiger partial charge >= 0.3 is 0 Å². The van der Waals surface area contributed by atoms with E-state index in [4.69, 9.17) is 8.83 Å². The van der Waals surface area contributed by atoms with E-state index in [1.807, 2.05) is 26.8 Å². The van der Waals surface area contributed by atoms with E-state index < -0.39 is 62.8 Å². The summed E-state index contributed by atoms with van der Waals surface area (Å²) in [5.41, 5.74) is -0.808. The van der Waals surface area contributed by atoms with Gasteiger partial charge in [0.1, 0.15) is 39.2 Å². The molecule has 2 aliphatic carbocycles. The SMILES string of the molecule is CC1=C[C@H]2c3c(c(O)c(O)c4oc5cc(O)cc(O)c5c(=O)c34)[C@H](c3cc(O)c(O)c4oc5cc(C)cc(O)c5c(=O)c34)[C@H]2C(C)(C)C1. The Morgan fingerprint density at radius 2 is 1.27 bits per heavy atom. The summed E-state index contributed by atoms with van der Waals surface area (Å²) >= 11 is 0. The van der Waals surface area contributed by atoms with Gasteiger partial charge in [0, 0.05) is 29.5 Å². The predicted octanol–water partition coefficient (Wildman–Crippen LogP) is 6.67. The molecule has 11 heteroatoms. The van der Waals surface area contributed by atoms with E-state index >= 15 is 0 Å². The van der Waals surface area contributed by atoms with E-state index in [1.54, 1.807) is 6.92 Å². The van der Waals surface area contributed by atoms with Crippen LogP contribution in [0.1, 0.15) is 61.3 Å². The monoisotopic (exact) mass is 650 g/mol. The zero-order chi connectivity index (χ0) is 34.3. The molecule has 0 saturated carbocycles. The second kappa shape index (κ2) is 9.37. The predicted molar refractivity (Wildman–Crippen MR) is 177 cm³/mol. The normalized spacial score (nSPS) is 20.0. The van der Waals surface area contributed by atoms with Gasteiger partial charge in [0.05, 0.1) is 10.8 Å². The Kier molecular flexibility index (Phi) is 5.77. The lowest BCUT2D eigenvalue weighted by molar-refractivity contribution is 0.173. The van der Waals surface area contributed by atoms with Crippen LogP contribution in [0.15, 0.2) is 60.4 Å². The Labute approximate surface area is 270 Å². The third-order valence-corrected chi connectivity index (χ3v) is 10.2. The zero-order valence-electron chi connectivity index (χ0n) is 26.2. The largest absolute Gasteiger partial charge is 0.508 e. The van der Waals surface area contributed by atoms with Gasteiger partial charge in [-0.05, 0) is 66.5 Å². The second-order valence-electron chi connectivity index (χ2n) is 13.8. The number of aryl methyl sites for hydroxylation is 1. The van der Waals surface area contributed by atoms with Crippen molar-refractivity contribution < 1.29 is 44.6 Å². The maximum Gasteiger partial charge on any atom is 0.204 e. The summed E-state index contributed by atoms with van der Waals surface area (Å²) in [6.45, 7) is 7.63. The van der Waals surface area contributed by atoms with Crippen LogP contribution in [0.5, 0.6) is 40.2 Å². The molecular weight excluding hydrogens is 620 g/mol. The number of phenols is 7. The number of benzene rings is 4. The summed E-state index contributed by atoms with van der Waals surface area (Å²) in [6.07, 6.45) is 2.54. The van der Waals surface area contributed by atoms with Gasteiger partial charge in [-0.1, -0.05) is 25.5 Å². The highest BCUT2D eigenvalue weighted by Gasteiger charge is 2.53. The van der Waals surface area contributed by atoms with Crippen LogP contribution in [0.25, 0.3) is 43.9 Å². The smallest absolute Gasteiger partial charge is 0.204 e. The van der Waals surface area contributed by atoms with Gasteiger partial charge in [-0.3, -0.25) is 9.59 Å². The van der Waals surface area contributed by atoms with E-state index in [1.165, 1.54) is 18.2 Å². The number of aromatic hydroxyl groups is 7. The molecule has 0 saturated heterocycles. The molecule has 0 bridgehead atoms. The van der Waals surface area contributed by atoms with Gasteiger partial charge in [-0.2, -0.15) is 0 Å². The molecule has 0 amide bonds. The van der Waals surface area contributed by atoms with E-state index in [2.05, 4.69) is 0 Å². The number of allylic oxidation sites excluding steroid dienone is 2. The highest BCUT2D eigenvalue weighted by atomic mass is 16.4. The minimum Gasteiger partial charge on any atom is -0.508 e. The third kappa shape index (κ3) is 3.69. The molecule has 0 aliphatic heterocycles. The third-order valence-electron chi connectivity index (χ3n) is 10.2. The highest BCUT2D eigenvalue weighted by molar-refractivity contribution is 6.02. The summed E-state index contributed by atoms with van der Waals surface area (Å²) in [5.74, 6) is -6.07. The molecule has 6 aromatic rings. The van der Waals surface area contributed by atoms with Crippen LogP contribution in [0, 0.1) is 18.3 Å². The number of fused-ring (bicyclic) bond motifs is 8. The molecule has 7 N–H and O–H groups in total. The van der Waals surface area contributed by atoms with Crippen molar-refractivity contribution in [3.63, 3.8) is 0 Å². The van der Waals surface area contributed by atoms with Gasteiger partial charge < -0.3 is 44.6 Å². The van der Waals surface area contributed by atoms with Crippen molar-refractivity contribution in [3.8, 4) is 40.2 Å². The van der Waals surface area contributed by atoms with Crippen LogP contribution in [0.4, 0.5) is 0 Å². The molecule has 2 aromatic heterocycles. The van der Waals surface area contributed by atoms with Crippen molar-refractivity contribution >= 4 is 43.9 Å². The molecule has 2 heterocycles. The highest BCUT2D eigenvalue weighted by Crippen LogP contribution is 2.66. The number of phenolic OH excluding ortho intramolecular Hbond substituents is 7. The molecule has 0 unspecified atom stereocenters. The van der Waals surface area contributed by atoms with E-state index in [0.717, 1.165) is 17.7 Å². The quantitative estimate of drug-likeness (QED) is 0.0569. The molecule has 0 radical (unpaired) electrons. The fourth-order valence-corrected chi connectivity index (χ4v) is 8.61. The lowest BCUT2D eigenvalue weighted by Gasteiger charge is -2.43. The Morgan fingerprint density at radius 1 is 0.667 bits per heavy atom. The first-order chi connectivity index (χ1) is 22.6. The molecule has 11 nitrogen and oxygen atoms in total. The maximum atomic E-state index is 14.3. The standard InChI is InChI=1S/C37H30O11/c1-12-6-17(39)25-20(7-12)47-35-24(31(25)43)15(10-19(41)30(35)42)23-27-22(16-5-13(2)11-37(3,4)29(16)23)28-32(44)26-18(40)8-14(38)9-21(26)48-36(28)34(46)33(27)45/h5-10,16,23,29,38-42,45-46H,11H2,1-4H3/t16-,23-,29-/m0/s1. The Bertz CT molecular complexity index is 2620. The lowest BCUT2D eigenvalue weighted by Crippen LogP contribution is -2.33. The molecule has 4 aromatic carbocycles.